The lowest BCUT2D eigenvalue weighted by molar-refractivity contribution is 0.383. The van der Waals surface area contributed by atoms with Crippen LogP contribution in [-0.2, 0) is 16.4 Å². The molecule has 0 saturated carbocycles. The molecule has 146 valence electrons. The zero-order chi connectivity index (χ0) is 19.4. The molecule has 0 radical (unpaired) electrons. The first kappa shape index (κ1) is 19.8. The Labute approximate surface area is 159 Å². The molecule has 1 heterocycles. The Morgan fingerprint density at radius 2 is 1.63 bits per heavy atom. The second-order valence-corrected chi connectivity index (χ2v) is 8.67. The van der Waals surface area contributed by atoms with E-state index in [2.05, 4.69) is 6.92 Å². The predicted molar refractivity (Wildman–Crippen MR) is 102 cm³/mol. The highest BCUT2D eigenvalue weighted by Gasteiger charge is 2.29. The van der Waals surface area contributed by atoms with Gasteiger partial charge in [-0.1, -0.05) is 25.5 Å². The molecule has 0 unspecified atom stereocenters. The molecule has 3 rings (SSSR count). The van der Waals surface area contributed by atoms with Gasteiger partial charge in [-0.25, -0.2) is 17.2 Å². The maximum atomic E-state index is 13.9. The first-order valence-corrected chi connectivity index (χ1v) is 10.6. The summed E-state index contributed by atoms with van der Waals surface area (Å²) in [5.74, 6) is -1.26. The highest BCUT2D eigenvalue weighted by Crippen LogP contribution is 2.24. The normalized spacial score (nSPS) is 15.9. The molecule has 1 saturated heterocycles. The summed E-state index contributed by atoms with van der Waals surface area (Å²) in [4.78, 5) is 2.03. The molecule has 2 aromatic rings. The Morgan fingerprint density at radius 3 is 2.22 bits per heavy atom. The summed E-state index contributed by atoms with van der Waals surface area (Å²) in [6.07, 6.45) is 3.12. The molecule has 0 aromatic heterocycles. The van der Waals surface area contributed by atoms with Crippen molar-refractivity contribution in [3.63, 3.8) is 0 Å². The average Bonchev–Trinajstić information content (AvgIpc) is 2.67. The van der Waals surface area contributed by atoms with Crippen LogP contribution in [0.15, 0.2) is 47.4 Å². The average molecular weight is 394 g/mol. The third-order valence-electron chi connectivity index (χ3n) is 4.87. The summed E-state index contributed by atoms with van der Waals surface area (Å²) in [5, 5.41) is 0. The SMILES string of the molecule is CCCCc1ccc(S(=O)(=O)N2CCN(c3ccc(F)cc3F)CC2)cc1. The van der Waals surface area contributed by atoms with Crippen molar-refractivity contribution in [3.8, 4) is 0 Å². The van der Waals surface area contributed by atoms with Crippen LogP contribution in [0.1, 0.15) is 25.3 Å². The van der Waals surface area contributed by atoms with Gasteiger partial charge in [-0.3, -0.25) is 0 Å². The van der Waals surface area contributed by atoms with Crippen LogP contribution in [0.3, 0.4) is 0 Å². The lowest BCUT2D eigenvalue weighted by atomic mass is 10.1. The number of hydrogen-bond donors (Lipinski definition) is 0. The zero-order valence-corrected chi connectivity index (χ0v) is 16.2. The van der Waals surface area contributed by atoms with Crippen LogP contribution < -0.4 is 4.90 Å². The Kier molecular flexibility index (Phi) is 6.11. The van der Waals surface area contributed by atoms with Crippen LogP contribution in [0.2, 0.25) is 0 Å². The quantitative estimate of drug-likeness (QED) is 0.748. The highest BCUT2D eigenvalue weighted by atomic mass is 32.2. The van der Waals surface area contributed by atoms with E-state index >= 15 is 0 Å². The van der Waals surface area contributed by atoms with E-state index in [1.165, 1.54) is 16.4 Å². The fraction of sp³-hybridized carbons (Fsp3) is 0.400. The lowest BCUT2D eigenvalue weighted by Gasteiger charge is -2.35. The number of benzene rings is 2. The van der Waals surface area contributed by atoms with Gasteiger partial charge in [-0.2, -0.15) is 4.31 Å². The molecular formula is C20H24F2N2O2S. The van der Waals surface area contributed by atoms with E-state index in [1.807, 2.05) is 12.1 Å². The van der Waals surface area contributed by atoms with Crippen molar-refractivity contribution in [2.24, 2.45) is 0 Å². The summed E-state index contributed by atoms with van der Waals surface area (Å²) in [7, 11) is -3.57. The van der Waals surface area contributed by atoms with Crippen molar-refractivity contribution in [2.75, 3.05) is 31.1 Å². The number of piperazine rings is 1. The van der Waals surface area contributed by atoms with Crippen LogP contribution in [0.4, 0.5) is 14.5 Å². The molecule has 0 N–H and O–H groups in total. The molecule has 27 heavy (non-hydrogen) atoms. The number of rotatable bonds is 6. The Morgan fingerprint density at radius 1 is 0.963 bits per heavy atom. The minimum atomic E-state index is -3.57. The van der Waals surface area contributed by atoms with Crippen LogP contribution >= 0.6 is 0 Å². The number of anilines is 1. The van der Waals surface area contributed by atoms with Gasteiger partial charge in [0.05, 0.1) is 10.6 Å². The van der Waals surface area contributed by atoms with Gasteiger partial charge < -0.3 is 4.90 Å². The van der Waals surface area contributed by atoms with E-state index in [0.29, 0.717) is 18.8 Å². The summed E-state index contributed by atoms with van der Waals surface area (Å²) in [5.41, 5.74) is 1.43. The number of halogens is 2. The van der Waals surface area contributed by atoms with E-state index < -0.39 is 21.7 Å². The first-order valence-electron chi connectivity index (χ1n) is 9.21. The number of nitrogens with zero attached hydrogens (tertiary/aromatic N) is 2. The molecule has 4 nitrogen and oxygen atoms in total. The predicted octanol–water partition coefficient (Wildman–Crippen LogP) is 3.82. The van der Waals surface area contributed by atoms with Crippen LogP contribution in [0.5, 0.6) is 0 Å². The van der Waals surface area contributed by atoms with E-state index in [0.717, 1.165) is 30.9 Å². The van der Waals surface area contributed by atoms with Gasteiger partial charge in [0.25, 0.3) is 0 Å². The van der Waals surface area contributed by atoms with Crippen LogP contribution in [0, 0.1) is 11.6 Å². The third kappa shape index (κ3) is 4.47. The van der Waals surface area contributed by atoms with Gasteiger partial charge in [0.1, 0.15) is 11.6 Å². The first-order chi connectivity index (χ1) is 12.9. The van der Waals surface area contributed by atoms with Crippen LogP contribution in [-0.4, -0.2) is 38.9 Å². The van der Waals surface area contributed by atoms with E-state index in [9.17, 15) is 17.2 Å². The van der Waals surface area contributed by atoms with Crippen molar-refractivity contribution in [1.82, 2.24) is 4.31 Å². The topological polar surface area (TPSA) is 40.6 Å². The molecule has 1 aliphatic heterocycles. The second kappa shape index (κ2) is 8.35. The van der Waals surface area contributed by atoms with Gasteiger partial charge >= 0.3 is 0 Å². The zero-order valence-electron chi connectivity index (χ0n) is 15.4. The number of hydrogen-bond acceptors (Lipinski definition) is 3. The number of aryl methyl sites for hydroxylation is 1. The molecule has 0 spiro atoms. The Bertz CT molecular complexity index is 877. The molecule has 0 bridgehead atoms. The fourth-order valence-corrected chi connectivity index (χ4v) is 4.69. The molecule has 0 atom stereocenters. The van der Waals surface area contributed by atoms with Gasteiger partial charge in [0, 0.05) is 32.2 Å². The molecule has 2 aromatic carbocycles. The standard InChI is InChI=1S/C20H24F2N2O2S/c1-2-3-4-16-5-8-18(9-6-16)27(25,26)24-13-11-23(12-14-24)20-10-7-17(21)15-19(20)22/h5-10,15H,2-4,11-14H2,1H3. The minimum Gasteiger partial charge on any atom is -0.367 e. The third-order valence-corrected chi connectivity index (χ3v) is 6.78. The minimum absolute atomic E-state index is 0.261. The van der Waals surface area contributed by atoms with Gasteiger partial charge in [-0.15, -0.1) is 0 Å². The maximum Gasteiger partial charge on any atom is 0.243 e. The summed E-state index contributed by atoms with van der Waals surface area (Å²) in [6, 6.07) is 10.5. The Balaban J connectivity index is 1.67. The monoisotopic (exact) mass is 394 g/mol. The molecule has 0 amide bonds. The lowest BCUT2D eigenvalue weighted by Crippen LogP contribution is -2.48. The fourth-order valence-electron chi connectivity index (χ4n) is 3.27. The molecular weight excluding hydrogens is 370 g/mol. The van der Waals surface area contributed by atoms with E-state index in [-0.39, 0.29) is 18.0 Å². The molecule has 7 heteroatoms. The van der Waals surface area contributed by atoms with E-state index in [1.54, 1.807) is 17.0 Å². The Hall–Kier alpha value is -1.99. The summed E-state index contributed by atoms with van der Waals surface area (Å²) in [6.45, 7) is 3.36. The van der Waals surface area contributed by atoms with Crippen molar-refractivity contribution >= 4 is 15.7 Å². The number of sulfonamides is 1. The maximum absolute atomic E-state index is 13.9. The largest absolute Gasteiger partial charge is 0.367 e. The molecule has 1 aliphatic rings. The summed E-state index contributed by atoms with van der Waals surface area (Å²) >= 11 is 0. The molecule has 1 fully saturated rings. The van der Waals surface area contributed by atoms with Crippen molar-refractivity contribution in [3.05, 3.63) is 59.7 Å². The summed E-state index contributed by atoms with van der Waals surface area (Å²) < 4.78 is 54.1. The van der Waals surface area contributed by atoms with Crippen molar-refractivity contribution in [2.45, 2.75) is 31.1 Å². The van der Waals surface area contributed by atoms with Gasteiger partial charge in [0.15, 0.2) is 0 Å². The van der Waals surface area contributed by atoms with Crippen molar-refractivity contribution < 1.29 is 17.2 Å². The van der Waals surface area contributed by atoms with E-state index in [4.69, 9.17) is 0 Å². The van der Waals surface area contributed by atoms with Crippen molar-refractivity contribution in [1.29, 1.82) is 0 Å². The number of unbranched alkanes of at least 4 members (excludes halogenated alkanes) is 1. The highest BCUT2D eigenvalue weighted by molar-refractivity contribution is 7.89. The van der Waals surface area contributed by atoms with Crippen LogP contribution in [0.25, 0.3) is 0 Å². The van der Waals surface area contributed by atoms with Gasteiger partial charge in [-0.05, 0) is 42.7 Å². The second-order valence-electron chi connectivity index (χ2n) is 6.73. The smallest absolute Gasteiger partial charge is 0.243 e. The molecule has 0 aliphatic carbocycles. The van der Waals surface area contributed by atoms with Gasteiger partial charge in [0.2, 0.25) is 10.0 Å².